The van der Waals surface area contributed by atoms with Crippen LogP contribution in [-0.4, -0.2) is 72.2 Å². The highest BCUT2D eigenvalue weighted by molar-refractivity contribution is 6.42. The van der Waals surface area contributed by atoms with Crippen molar-refractivity contribution in [1.82, 2.24) is 15.5 Å². The van der Waals surface area contributed by atoms with Crippen molar-refractivity contribution in [2.75, 3.05) is 25.5 Å². The topological polar surface area (TPSA) is 129 Å². The van der Waals surface area contributed by atoms with Gasteiger partial charge in [-0.25, -0.2) is 0 Å². The van der Waals surface area contributed by atoms with E-state index in [1.807, 2.05) is 32.1 Å². The summed E-state index contributed by atoms with van der Waals surface area (Å²) in [7, 11) is 1.60. The van der Waals surface area contributed by atoms with Gasteiger partial charge >= 0.3 is 0 Å². The molecule has 0 saturated heterocycles. The fraction of sp³-hybridized carbons (Fsp3) is 0.485. The summed E-state index contributed by atoms with van der Waals surface area (Å²) < 4.78 is 11.9. The maximum absolute atomic E-state index is 13.5. The van der Waals surface area contributed by atoms with Gasteiger partial charge < -0.3 is 35.4 Å². The van der Waals surface area contributed by atoms with Gasteiger partial charge in [-0.2, -0.15) is 0 Å². The molecule has 3 aliphatic rings. The Morgan fingerprint density at radius 1 is 1.13 bits per heavy atom. The second-order valence-electron chi connectivity index (χ2n) is 12.4. The average Bonchev–Trinajstić information content (AvgIpc) is 3.23. The highest BCUT2D eigenvalue weighted by atomic mass is 35.5. The van der Waals surface area contributed by atoms with Crippen molar-refractivity contribution in [3.8, 4) is 11.5 Å². The number of carbonyl (C=O) groups is 3. The van der Waals surface area contributed by atoms with Gasteiger partial charge in [-0.15, -0.1) is 0 Å². The van der Waals surface area contributed by atoms with Crippen molar-refractivity contribution in [1.29, 1.82) is 0 Å². The third-order valence-corrected chi connectivity index (χ3v) is 9.50. The monoisotopic (exact) mass is 658 g/mol. The van der Waals surface area contributed by atoms with Crippen LogP contribution in [0.2, 0.25) is 10.0 Å². The third-order valence-electron chi connectivity index (χ3n) is 8.76. The molecular formula is C33H40Cl2N4O6. The molecule has 2 aromatic rings. The first kappa shape index (κ1) is 32.9. The summed E-state index contributed by atoms with van der Waals surface area (Å²) in [5.74, 6) is 0.372. The maximum atomic E-state index is 13.5. The van der Waals surface area contributed by atoms with Crippen LogP contribution < -0.4 is 25.4 Å². The van der Waals surface area contributed by atoms with E-state index in [4.69, 9.17) is 32.7 Å². The molecule has 2 heterocycles. The van der Waals surface area contributed by atoms with Gasteiger partial charge in [-0.1, -0.05) is 55.3 Å². The van der Waals surface area contributed by atoms with Gasteiger partial charge in [-0.05, 0) is 55.5 Å². The zero-order valence-corrected chi connectivity index (χ0v) is 27.4. The molecule has 0 radical (unpaired) electrons. The number of aliphatic hydroxyl groups is 1. The number of methoxy groups -OCH3 is 1. The lowest BCUT2D eigenvalue weighted by Crippen LogP contribution is -2.52. The molecule has 12 heteroatoms. The molecule has 10 nitrogen and oxygen atoms in total. The standard InChI is InChI=1S/C33H40Cl2N4O6/c1-18(2)13-25(38-31(42)19(3)37-21-6-7-23(34)24(35)14-21)32(43)36-16-28(41)39-12-11-33-10-9-22(40)15-27(33)45-30-26(44-4)8-5-20(17-39)29(30)33/h5-10,14,18-19,22,25,27,37,40H,11-13,15-17H2,1-4H3,(H,36,43)(H,38,42)/t19?,22-,25?,27-,33-/m0/s1. The van der Waals surface area contributed by atoms with E-state index >= 15 is 0 Å². The molecule has 242 valence electrons. The Labute approximate surface area is 273 Å². The highest BCUT2D eigenvalue weighted by Crippen LogP contribution is 2.55. The Kier molecular flexibility index (Phi) is 9.86. The molecule has 1 spiro atoms. The van der Waals surface area contributed by atoms with Crippen LogP contribution in [0, 0.1) is 5.92 Å². The molecule has 5 atom stereocenters. The van der Waals surface area contributed by atoms with Gasteiger partial charge in [0.05, 0.1) is 35.2 Å². The van der Waals surface area contributed by atoms with Crippen LogP contribution in [0.4, 0.5) is 5.69 Å². The lowest BCUT2D eigenvalue weighted by Gasteiger charge is -2.35. The summed E-state index contributed by atoms with van der Waals surface area (Å²) in [6.07, 6.45) is 4.40. The number of nitrogens with one attached hydrogen (secondary N) is 3. The van der Waals surface area contributed by atoms with Crippen LogP contribution >= 0.6 is 23.2 Å². The summed E-state index contributed by atoms with van der Waals surface area (Å²) in [4.78, 5) is 41.6. The normalized spacial score (nSPS) is 22.8. The van der Waals surface area contributed by atoms with Gasteiger partial charge in [0.25, 0.3) is 0 Å². The van der Waals surface area contributed by atoms with Crippen LogP contribution in [0.1, 0.15) is 51.2 Å². The van der Waals surface area contributed by atoms with E-state index < -0.39 is 29.5 Å². The summed E-state index contributed by atoms with van der Waals surface area (Å²) in [5, 5.41) is 19.8. The number of rotatable bonds is 10. The smallest absolute Gasteiger partial charge is 0.243 e. The van der Waals surface area contributed by atoms with Gasteiger partial charge in [-0.3, -0.25) is 14.4 Å². The number of nitrogens with zero attached hydrogens (tertiary/aromatic N) is 1. The predicted octanol–water partition coefficient (Wildman–Crippen LogP) is 4.20. The van der Waals surface area contributed by atoms with E-state index in [2.05, 4.69) is 16.0 Å². The Balaban J connectivity index is 1.24. The molecule has 0 fully saturated rings. The number of amides is 3. The second kappa shape index (κ2) is 13.5. The van der Waals surface area contributed by atoms with Crippen molar-refractivity contribution in [2.24, 2.45) is 5.92 Å². The molecule has 3 amide bonds. The molecule has 4 N–H and O–H groups in total. The first-order valence-corrected chi connectivity index (χ1v) is 16.0. The predicted molar refractivity (Wildman–Crippen MR) is 173 cm³/mol. The molecule has 0 bridgehead atoms. The molecule has 2 unspecified atom stereocenters. The van der Waals surface area contributed by atoms with E-state index in [-0.39, 0.29) is 30.4 Å². The van der Waals surface area contributed by atoms with Crippen LogP contribution in [0.25, 0.3) is 0 Å². The molecule has 45 heavy (non-hydrogen) atoms. The van der Waals surface area contributed by atoms with Crippen LogP contribution in [0.5, 0.6) is 11.5 Å². The van der Waals surface area contributed by atoms with Crippen molar-refractivity contribution < 1.29 is 29.0 Å². The van der Waals surface area contributed by atoms with Crippen molar-refractivity contribution >= 4 is 46.6 Å². The molecule has 5 rings (SSSR count). The Hall–Kier alpha value is -3.47. The van der Waals surface area contributed by atoms with E-state index in [0.29, 0.717) is 59.6 Å². The number of ether oxygens (including phenoxy) is 2. The third kappa shape index (κ3) is 6.88. The number of aliphatic hydroxyl groups excluding tert-OH is 1. The Morgan fingerprint density at radius 2 is 1.91 bits per heavy atom. The number of hydrogen-bond acceptors (Lipinski definition) is 7. The van der Waals surface area contributed by atoms with E-state index in [1.54, 1.807) is 43.2 Å². The lowest BCUT2D eigenvalue weighted by molar-refractivity contribution is -0.134. The van der Waals surface area contributed by atoms with E-state index in [0.717, 1.165) is 11.1 Å². The Bertz CT molecular complexity index is 1500. The van der Waals surface area contributed by atoms with E-state index in [9.17, 15) is 19.5 Å². The molecule has 1 aliphatic carbocycles. The highest BCUT2D eigenvalue weighted by Gasteiger charge is 2.53. The molecule has 2 aliphatic heterocycles. The minimum Gasteiger partial charge on any atom is -0.493 e. The quantitative estimate of drug-likeness (QED) is 0.282. The fourth-order valence-electron chi connectivity index (χ4n) is 6.45. The molecule has 2 aromatic carbocycles. The number of carbonyl (C=O) groups excluding carboxylic acids is 3. The first-order valence-electron chi connectivity index (χ1n) is 15.2. The fourth-order valence-corrected chi connectivity index (χ4v) is 6.75. The van der Waals surface area contributed by atoms with Crippen LogP contribution in [0.3, 0.4) is 0 Å². The van der Waals surface area contributed by atoms with Crippen molar-refractivity contribution in [3.63, 3.8) is 0 Å². The minimum absolute atomic E-state index is 0.113. The maximum Gasteiger partial charge on any atom is 0.243 e. The van der Waals surface area contributed by atoms with Crippen LogP contribution in [-0.2, 0) is 26.3 Å². The van der Waals surface area contributed by atoms with Crippen molar-refractivity contribution in [3.05, 3.63) is 63.7 Å². The number of benzene rings is 2. The van der Waals surface area contributed by atoms with Gasteiger partial charge in [0.1, 0.15) is 18.2 Å². The largest absolute Gasteiger partial charge is 0.493 e. The summed E-state index contributed by atoms with van der Waals surface area (Å²) in [6, 6.07) is 7.28. The molecule has 0 saturated carbocycles. The molecular weight excluding hydrogens is 619 g/mol. The summed E-state index contributed by atoms with van der Waals surface area (Å²) in [6.45, 7) is 6.18. The summed E-state index contributed by atoms with van der Waals surface area (Å²) >= 11 is 12.1. The SMILES string of the molecule is COc1ccc2c3c1O[C@H]1C[C@@H](O)C=C[C@@]31CCN(C(=O)CNC(=O)C(CC(C)C)NC(=O)C(C)Nc1ccc(Cl)c(Cl)c1)C2. The average molecular weight is 660 g/mol. The number of hydrogen-bond donors (Lipinski definition) is 4. The van der Waals surface area contributed by atoms with Crippen molar-refractivity contribution in [2.45, 2.75) is 76.3 Å². The zero-order chi connectivity index (χ0) is 32.5. The van der Waals surface area contributed by atoms with Gasteiger partial charge in [0, 0.05) is 30.8 Å². The zero-order valence-electron chi connectivity index (χ0n) is 25.9. The van der Waals surface area contributed by atoms with E-state index in [1.165, 1.54) is 0 Å². The number of halogens is 2. The van der Waals surface area contributed by atoms with Gasteiger partial charge in [0.2, 0.25) is 17.7 Å². The molecule has 0 aromatic heterocycles. The summed E-state index contributed by atoms with van der Waals surface area (Å²) in [5.41, 5.74) is 2.08. The van der Waals surface area contributed by atoms with Gasteiger partial charge in [0.15, 0.2) is 11.5 Å². The first-order chi connectivity index (χ1) is 21.4. The van der Waals surface area contributed by atoms with Crippen LogP contribution in [0.15, 0.2) is 42.5 Å². The number of anilines is 1. The minimum atomic E-state index is -0.825. The second-order valence-corrected chi connectivity index (χ2v) is 13.2. The lowest BCUT2D eigenvalue weighted by atomic mass is 9.69. The Morgan fingerprint density at radius 3 is 2.62 bits per heavy atom.